The fourth-order valence-corrected chi connectivity index (χ4v) is 2.96. The van der Waals surface area contributed by atoms with E-state index in [4.69, 9.17) is 28.3 Å². The fourth-order valence-electron chi connectivity index (χ4n) is 1.80. The van der Waals surface area contributed by atoms with Gasteiger partial charge in [-0.3, -0.25) is 9.36 Å². The summed E-state index contributed by atoms with van der Waals surface area (Å²) in [4.78, 5) is 10.7. The number of nitrogens with zero attached hydrogens (tertiary/aromatic N) is 3. The van der Waals surface area contributed by atoms with Crippen molar-refractivity contribution in [2.75, 3.05) is 5.75 Å². The Balaban J connectivity index is 2.46. The third kappa shape index (κ3) is 4.03. The van der Waals surface area contributed by atoms with Crippen LogP contribution in [-0.4, -0.2) is 31.6 Å². The van der Waals surface area contributed by atoms with Crippen molar-refractivity contribution in [3.63, 3.8) is 0 Å². The number of carboxylic acids is 1. The summed E-state index contributed by atoms with van der Waals surface area (Å²) in [5, 5.41) is 18.5. The van der Waals surface area contributed by atoms with E-state index in [1.807, 2.05) is 6.92 Å². The Morgan fingerprint density at radius 2 is 2.14 bits per heavy atom. The minimum atomic E-state index is -0.916. The minimum absolute atomic E-state index is 0.0946. The number of rotatable bonds is 6. The minimum Gasteiger partial charge on any atom is -0.481 e. The van der Waals surface area contributed by atoms with Crippen LogP contribution in [0.1, 0.15) is 6.92 Å². The SMILES string of the molecule is C=C(C)Cn1c(SCC(=O)O)nnc1-c1ccc(Cl)cc1Cl. The molecule has 0 fully saturated rings. The van der Waals surface area contributed by atoms with Gasteiger partial charge in [0, 0.05) is 17.1 Å². The van der Waals surface area contributed by atoms with Crippen molar-refractivity contribution >= 4 is 40.9 Å². The number of hydrogen-bond acceptors (Lipinski definition) is 4. The van der Waals surface area contributed by atoms with Crippen molar-refractivity contribution in [3.8, 4) is 11.4 Å². The van der Waals surface area contributed by atoms with Crippen molar-refractivity contribution < 1.29 is 9.90 Å². The van der Waals surface area contributed by atoms with Gasteiger partial charge in [0.25, 0.3) is 0 Å². The first-order valence-electron chi connectivity index (χ1n) is 6.26. The van der Waals surface area contributed by atoms with Crippen LogP contribution in [0.5, 0.6) is 0 Å². The molecule has 0 aliphatic rings. The molecular formula is C14H13Cl2N3O2S. The maximum atomic E-state index is 10.7. The van der Waals surface area contributed by atoms with Crippen molar-refractivity contribution in [3.05, 3.63) is 40.4 Å². The normalized spacial score (nSPS) is 10.7. The van der Waals surface area contributed by atoms with E-state index in [0.717, 1.165) is 17.3 Å². The summed E-state index contributed by atoms with van der Waals surface area (Å²) >= 11 is 13.2. The van der Waals surface area contributed by atoms with Gasteiger partial charge in [-0.15, -0.1) is 10.2 Å². The molecule has 116 valence electrons. The second-order valence-corrected chi connectivity index (χ2v) is 6.44. The predicted octanol–water partition coefficient (Wildman–Crippen LogP) is 4.00. The van der Waals surface area contributed by atoms with E-state index in [1.54, 1.807) is 22.8 Å². The third-order valence-electron chi connectivity index (χ3n) is 2.64. The molecule has 0 saturated heterocycles. The van der Waals surface area contributed by atoms with Gasteiger partial charge in [0.2, 0.25) is 0 Å². The molecule has 2 rings (SSSR count). The lowest BCUT2D eigenvalue weighted by Gasteiger charge is -2.10. The molecule has 0 bridgehead atoms. The zero-order valence-corrected chi connectivity index (χ0v) is 14.0. The fraction of sp³-hybridized carbons (Fsp3) is 0.214. The summed E-state index contributed by atoms with van der Waals surface area (Å²) in [7, 11) is 0. The van der Waals surface area contributed by atoms with E-state index in [2.05, 4.69) is 16.8 Å². The Morgan fingerprint density at radius 3 is 2.73 bits per heavy atom. The Morgan fingerprint density at radius 1 is 1.41 bits per heavy atom. The molecule has 0 aliphatic heterocycles. The average molecular weight is 358 g/mol. The molecule has 0 aliphatic carbocycles. The molecule has 0 radical (unpaired) electrons. The van der Waals surface area contributed by atoms with E-state index < -0.39 is 5.97 Å². The molecular weight excluding hydrogens is 345 g/mol. The van der Waals surface area contributed by atoms with Gasteiger partial charge >= 0.3 is 5.97 Å². The number of carbonyl (C=O) groups is 1. The van der Waals surface area contributed by atoms with E-state index >= 15 is 0 Å². The molecule has 0 unspecified atom stereocenters. The number of benzene rings is 1. The molecule has 0 amide bonds. The van der Waals surface area contributed by atoms with Crippen LogP contribution in [0.2, 0.25) is 10.0 Å². The first-order valence-corrected chi connectivity index (χ1v) is 8.00. The van der Waals surface area contributed by atoms with Crippen LogP contribution in [-0.2, 0) is 11.3 Å². The van der Waals surface area contributed by atoms with Gasteiger partial charge in [-0.05, 0) is 25.1 Å². The Bertz CT molecular complexity index is 731. The van der Waals surface area contributed by atoms with E-state index in [1.165, 1.54) is 0 Å². The van der Waals surface area contributed by atoms with Crippen molar-refractivity contribution in [2.24, 2.45) is 0 Å². The first-order chi connectivity index (χ1) is 10.4. The second kappa shape index (κ2) is 7.17. The number of halogens is 2. The van der Waals surface area contributed by atoms with Crippen LogP contribution in [0.4, 0.5) is 0 Å². The van der Waals surface area contributed by atoms with E-state index in [-0.39, 0.29) is 5.75 Å². The van der Waals surface area contributed by atoms with Gasteiger partial charge in [0.1, 0.15) is 0 Å². The number of carboxylic acid groups (broad SMARTS) is 1. The number of thioether (sulfide) groups is 1. The standard InChI is InChI=1S/C14H13Cl2N3O2S/c1-8(2)6-19-13(10-4-3-9(15)5-11(10)16)17-18-14(19)22-7-12(20)21/h3-5H,1,6-7H2,2H3,(H,20,21). The number of aliphatic carboxylic acids is 1. The summed E-state index contributed by atoms with van der Waals surface area (Å²) in [6.45, 7) is 6.23. The molecule has 22 heavy (non-hydrogen) atoms. The van der Waals surface area contributed by atoms with E-state index in [9.17, 15) is 4.79 Å². The zero-order valence-electron chi connectivity index (χ0n) is 11.7. The molecule has 1 aromatic carbocycles. The van der Waals surface area contributed by atoms with Crippen LogP contribution in [0.15, 0.2) is 35.5 Å². The van der Waals surface area contributed by atoms with Gasteiger partial charge in [0.15, 0.2) is 11.0 Å². The molecule has 0 spiro atoms. The zero-order chi connectivity index (χ0) is 16.3. The van der Waals surface area contributed by atoms with Gasteiger partial charge < -0.3 is 5.11 Å². The average Bonchev–Trinajstić information content (AvgIpc) is 2.78. The quantitative estimate of drug-likeness (QED) is 0.624. The number of aromatic nitrogens is 3. The molecule has 2 aromatic rings. The smallest absolute Gasteiger partial charge is 0.313 e. The van der Waals surface area contributed by atoms with Crippen molar-refractivity contribution in [1.29, 1.82) is 0 Å². The van der Waals surface area contributed by atoms with Crippen molar-refractivity contribution in [2.45, 2.75) is 18.6 Å². The highest BCUT2D eigenvalue weighted by Gasteiger charge is 2.17. The highest BCUT2D eigenvalue weighted by molar-refractivity contribution is 7.99. The molecule has 1 aromatic heterocycles. The van der Waals surface area contributed by atoms with Crippen LogP contribution in [0.25, 0.3) is 11.4 Å². The Labute approximate surface area is 142 Å². The van der Waals surface area contributed by atoms with E-state index in [0.29, 0.717) is 33.1 Å². The lowest BCUT2D eigenvalue weighted by Crippen LogP contribution is -2.05. The summed E-state index contributed by atoms with van der Waals surface area (Å²) in [6, 6.07) is 5.10. The first kappa shape index (κ1) is 16.9. The van der Waals surface area contributed by atoms with Crippen LogP contribution < -0.4 is 0 Å². The third-order valence-corrected chi connectivity index (χ3v) is 4.14. The van der Waals surface area contributed by atoms with Crippen molar-refractivity contribution in [1.82, 2.24) is 14.8 Å². The highest BCUT2D eigenvalue weighted by Crippen LogP contribution is 2.31. The summed E-state index contributed by atoms with van der Waals surface area (Å²) in [6.07, 6.45) is 0. The number of hydrogen-bond donors (Lipinski definition) is 1. The molecule has 5 nitrogen and oxygen atoms in total. The maximum absolute atomic E-state index is 10.7. The second-order valence-electron chi connectivity index (χ2n) is 4.66. The molecule has 1 N–H and O–H groups in total. The Hall–Kier alpha value is -1.50. The van der Waals surface area contributed by atoms with Crippen LogP contribution in [0, 0.1) is 0 Å². The highest BCUT2D eigenvalue weighted by atomic mass is 35.5. The van der Waals surface area contributed by atoms with Crippen LogP contribution >= 0.6 is 35.0 Å². The largest absolute Gasteiger partial charge is 0.481 e. The Kier molecular flexibility index (Phi) is 5.50. The molecule has 8 heteroatoms. The molecule has 1 heterocycles. The lowest BCUT2D eigenvalue weighted by atomic mass is 10.2. The van der Waals surface area contributed by atoms with Crippen LogP contribution in [0.3, 0.4) is 0 Å². The summed E-state index contributed by atoms with van der Waals surface area (Å²) < 4.78 is 1.80. The lowest BCUT2D eigenvalue weighted by molar-refractivity contribution is -0.133. The molecule has 0 atom stereocenters. The molecule has 0 saturated carbocycles. The van der Waals surface area contributed by atoms with Gasteiger partial charge in [-0.25, -0.2) is 0 Å². The monoisotopic (exact) mass is 357 g/mol. The summed E-state index contributed by atoms with van der Waals surface area (Å²) in [5.41, 5.74) is 1.57. The summed E-state index contributed by atoms with van der Waals surface area (Å²) in [5.74, 6) is -0.457. The van der Waals surface area contributed by atoms with Gasteiger partial charge in [-0.1, -0.05) is 47.1 Å². The maximum Gasteiger partial charge on any atom is 0.313 e. The predicted molar refractivity (Wildman–Crippen MR) is 88.7 cm³/mol. The van der Waals surface area contributed by atoms with Gasteiger partial charge in [0.05, 0.1) is 10.8 Å². The topological polar surface area (TPSA) is 68.0 Å². The number of allylic oxidation sites excluding steroid dienone is 1. The van der Waals surface area contributed by atoms with Gasteiger partial charge in [-0.2, -0.15) is 0 Å².